The number of hydrogen-bond donors (Lipinski definition) is 2. The lowest BCUT2D eigenvalue weighted by Gasteiger charge is -2.08. The molecule has 0 unspecified atom stereocenters. The predicted octanol–water partition coefficient (Wildman–Crippen LogP) is 4.00. The summed E-state index contributed by atoms with van der Waals surface area (Å²) in [6.07, 6.45) is 4.57. The SMILES string of the molecule is Cc1cncc(-c2ccc3nc(NC(=O)NCCCOC(C)C)sc3n2)c1. The molecule has 2 N–H and O–H groups in total. The van der Waals surface area contributed by atoms with Crippen LogP contribution in [0.25, 0.3) is 21.6 Å². The van der Waals surface area contributed by atoms with E-state index >= 15 is 0 Å². The van der Waals surface area contributed by atoms with Crippen LogP contribution in [0.3, 0.4) is 0 Å². The molecule has 142 valence electrons. The number of aryl methyl sites for hydroxylation is 1. The molecule has 0 aliphatic rings. The van der Waals surface area contributed by atoms with Crippen LogP contribution in [0.2, 0.25) is 0 Å². The van der Waals surface area contributed by atoms with Gasteiger partial charge < -0.3 is 10.1 Å². The molecule has 0 spiro atoms. The Morgan fingerprint density at radius 2 is 2.11 bits per heavy atom. The van der Waals surface area contributed by atoms with E-state index in [0.717, 1.165) is 33.6 Å². The van der Waals surface area contributed by atoms with Gasteiger partial charge in [-0.15, -0.1) is 0 Å². The quantitative estimate of drug-likeness (QED) is 0.600. The van der Waals surface area contributed by atoms with Gasteiger partial charge in [-0.2, -0.15) is 0 Å². The van der Waals surface area contributed by atoms with Gasteiger partial charge in [0.15, 0.2) is 5.13 Å². The molecular formula is C19H23N5O2S. The fourth-order valence-corrected chi connectivity index (χ4v) is 3.29. The second-order valence-corrected chi connectivity index (χ2v) is 7.42. The van der Waals surface area contributed by atoms with Gasteiger partial charge in [0.2, 0.25) is 0 Å². The fraction of sp³-hybridized carbons (Fsp3) is 0.368. The van der Waals surface area contributed by atoms with Crippen LogP contribution in [0, 0.1) is 6.92 Å². The number of urea groups is 1. The minimum Gasteiger partial charge on any atom is -0.379 e. The third-order valence-corrected chi connectivity index (χ3v) is 4.59. The predicted molar refractivity (Wildman–Crippen MR) is 108 cm³/mol. The molecular weight excluding hydrogens is 362 g/mol. The van der Waals surface area contributed by atoms with E-state index < -0.39 is 0 Å². The number of pyridine rings is 2. The van der Waals surface area contributed by atoms with E-state index in [2.05, 4.69) is 25.6 Å². The van der Waals surface area contributed by atoms with E-state index in [1.807, 2.05) is 45.2 Å². The van der Waals surface area contributed by atoms with Crippen LogP contribution in [0.4, 0.5) is 9.93 Å². The number of nitrogens with zero attached hydrogens (tertiary/aromatic N) is 3. The zero-order chi connectivity index (χ0) is 19.2. The lowest BCUT2D eigenvalue weighted by Crippen LogP contribution is -2.30. The van der Waals surface area contributed by atoms with Gasteiger partial charge in [-0.25, -0.2) is 14.8 Å². The van der Waals surface area contributed by atoms with Crippen LogP contribution in [0.15, 0.2) is 30.6 Å². The van der Waals surface area contributed by atoms with Crippen LogP contribution in [0.5, 0.6) is 0 Å². The number of nitrogens with one attached hydrogen (secondary N) is 2. The van der Waals surface area contributed by atoms with Gasteiger partial charge in [-0.3, -0.25) is 10.3 Å². The van der Waals surface area contributed by atoms with Crippen molar-refractivity contribution in [2.24, 2.45) is 0 Å². The van der Waals surface area contributed by atoms with Crippen LogP contribution in [-0.2, 0) is 4.74 Å². The van der Waals surface area contributed by atoms with Crippen molar-refractivity contribution in [3.8, 4) is 11.3 Å². The van der Waals surface area contributed by atoms with E-state index in [1.165, 1.54) is 11.3 Å². The maximum absolute atomic E-state index is 12.0. The van der Waals surface area contributed by atoms with Crippen molar-refractivity contribution >= 4 is 32.8 Å². The summed E-state index contributed by atoms with van der Waals surface area (Å²) in [5.41, 5.74) is 3.63. The highest BCUT2D eigenvalue weighted by Crippen LogP contribution is 2.27. The van der Waals surface area contributed by atoms with Crippen LogP contribution in [-0.4, -0.2) is 40.2 Å². The Morgan fingerprint density at radius 3 is 2.89 bits per heavy atom. The first-order valence-electron chi connectivity index (χ1n) is 8.87. The van der Waals surface area contributed by atoms with Crippen molar-refractivity contribution in [1.82, 2.24) is 20.3 Å². The van der Waals surface area contributed by atoms with Crippen LogP contribution >= 0.6 is 11.3 Å². The summed E-state index contributed by atoms with van der Waals surface area (Å²) in [5.74, 6) is 0. The molecule has 8 heteroatoms. The molecule has 7 nitrogen and oxygen atoms in total. The molecule has 3 aromatic heterocycles. The van der Waals surface area contributed by atoms with E-state index in [0.29, 0.717) is 18.3 Å². The minimum absolute atomic E-state index is 0.203. The Hall–Kier alpha value is -2.58. The number of rotatable bonds is 7. The van der Waals surface area contributed by atoms with Gasteiger partial charge in [0.25, 0.3) is 0 Å². The van der Waals surface area contributed by atoms with E-state index in [9.17, 15) is 4.79 Å². The number of carbonyl (C=O) groups excluding carboxylic acids is 1. The van der Waals surface area contributed by atoms with Crippen molar-refractivity contribution in [3.05, 3.63) is 36.2 Å². The summed E-state index contributed by atoms with van der Waals surface area (Å²) in [7, 11) is 0. The number of amides is 2. The molecule has 0 aliphatic carbocycles. The lowest BCUT2D eigenvalue weighted by atomic mass is 10.1. The average Bonchev–Trinajstić information content (AvgIpc) is 3.02. The molecule has 0 aliphatic heterocycles. The normalized spacial score (nSPS) is 11.1. The van der Waals surface area contributed by atoms with Gasteiger partial charge in [-0.05, 0) is 51.0 Å². The molecule has 0 radical (unpaired) electrons. The summed E-state index contributed by atoms with van der Waals surface area (Å²) in [6, 6.07) is 5.58. The molecule has 0 atom stereocenters. The van der Waals surface area contributed by atoms with Crippen LogP contribution < -0.4 is 10.6 Å². The smallest absolute Gasteiger partial charge is 0.321 e. The second-order valence-electron chi connectivity index (χ2n) is 6.44. The number of thiazole rings is 1. The molecule has 3 aromatic rings. The Bertz CT molecular complexity index is 925. The van der Waals surface area contributed by atoms with Crippen LogP contribution in [0.1, 0.15) is 25.8 Å². The van der Waals surface area contributed by atoms with E-state index in [-0.39, 0.29) is 12.1 Å². The molecule has 3 heterocycles. The largest absolute Gasteiger partial charge is 0.379 e. The number of ether oxygens (including phenoxy) is 1. The Kier molecular flexibility index (Phi) is 6.31. The number of anilines is 1. The summed E-state index contributed by atoms with van der Waals surface area (Å²) in [5, 5.41) is 6.09. The summed E-state index contributed by atoms with van der Waals surface area (Å²) >= 11 is 1.35. The molecule has 0 saturated carbocycles. The number of carbonyl (C=O) groups is 1. The third kappa shape index (κ3) is 5.45. The van der Waals surface area contributed by atoms with Crippen molar-refractivity contribution < 1.29 is 9.53 Å². The lowest BCUT2D eigenvalue weighted by molar-refractivity contribution is 0.0775. The van der Waals surface area contributed by atoms with Gasteiger partial charge in [0.1, 0.15) is 10.3 Å². The number of fused-ring (bicyclic) bond motifs is 1. The van der Waals surface area contributed by atoms with Gasteiger partial charge in [0.05, 0.1) is 11.8 Å². The average molecular weight is 385 g/mol. The minimum atomic E-state index is -0.276. The molecule has 0 aromatic carbocycles. The first-order valence-corrected chi connectivity index (χ1v) is 9.69. The Morgan fingerprint density at radius 1 is 1.26 bits per heavy atom. The maximum Gasteiger partial charge on any atom is 0.321 e. The van der Waals surface area contributed by atoms with Crippen molar-refractivity contribution in [1.29, 1.82) is 0 Å². The topological polar surface area (TPSA) is 89.0 Å². The van der Waals surface area contributed by atoms with E-state index in [4.69, 9.17) is 4.74 Å². The molecule has 0 saturated heterocycles. The Labute approximate surface area is 162 Å². The van der Waals surface area contributed by atoms with Gasteiger partial charge in [0, 0.05) is 31.1 Å². The highest BCUT2D eigenvalue weighted by molar-refractivity contribution is 7.21. The molecule has 27 heavy (non-hydrogen) atoms. The number of aromatic nitrogens is 3. The monoisotopic (exact) mass is 385 g/mol. The van der Waals surface area contributed by atoms with E-state index in [1.54, 1.807) is 6.20 Å². The van der Waals surface area contributed by atoms with Crippen molar-refractivity contribution in [2.75, 3.05) is 18.5 Å². The zero-order valence-electron chi connectivity index (χ0n) is 15.7. The van der Waals surface area contributed by atoms with Crippen molar-refractivity contribution in [3.63, 3.8) is 0 Å². The summed E-state index contributed by atoms with van der Waals surface area (Å²) in [4.78, 5) is 26.0. The second kappa shape index (κ2) is 8.88. The molecule has 3 rings (SSSR count). The highest BCUT2D eigenvalue weighted by Gasteiger charge is 2.10. The zero-order valence-corrected chi connectivity index (χ0v) is 16.5. The molecule has 0 fully saturated rings. The summed E-state index contributed by atoms with van der Waals surface area (Å²) < 4.78 is 5.44. The Balaban J connectivity index is 1.60. The maximum atomic E-state index is 12.0. The standard InChI is InChI=1S/C19H23N5O2S/c1-12(2)26-8-4-7-21-18(25)24-19-23-16-6-5-15(22-17(16)27-19)14-9-13(3)10-20-11-14/h5-6,9-12H,4,7-8H2,1-3H3,(H2,21,23,24,25). The van der Waals surface area contributed by atoms with Gasteiger partial charge >= 0.3 is 6.03 Å². The fourth-order valence-electron chi connectivity index (χ4n) is 2.46. The molecule has 0 bridgehead atoms. The first-order chi connectivity index (χ1) is 13.0. The summed E-state index contributed by atoms with van der Waals surface area (Å²) in [6.45, 7) is 7.15. The first kappa shape index (κ1) is 19.2. The van der Waals surface area contributed by atoms with Gasteiger partial charge in [-0.1, -0.05) is 11.3 Å². The highest BCUT2D eigenvalue weighted by atomic mass is 32.1. The number of hydrogen-bond acceptors (Lipinski definition) is 6. The van der Waals surface area contributed by atoms with Crippen molar-refractivity contribution in [2.45, 2.75) is 33.3 Å². The third-order valence-electron chi connectivity index (χ3n) is 3.70. The molecule has 2 amide bonds.